The van der Waals surface area contributed by atoms with E-state index in [-0.39, 0.29) is 17.7 Å². The molecule has 0 aromatic heterocycles. The third-order valence-corrected chi connectivity index (χ3v) is 7.17. The third kappa shape index (κ3) is 1.90. The van der Waals surface area contributed by atoms with Crippen molar-refractivity contribution in [1.82, 2.24) is 0 Å². The van der Waals surface area contributed by atoms with Gasteiger partial charge < -0.3 is 5.11 Å². The lowest BCUT2D eigenvalue weighted by atomic mass is 9.52. The Hall–Kier alpha value is -3.24. The van der Waals surface area contributed by atoms with Crippen LogP contribution >= 0.6 is 0 Å². The van der Waals surface area contributed by atoms with Gasteiger partial charge in [0.15, 0.2) is 0 Å². The molecule has 30 heavy (non-hydrogen) atoms. The minimum atomic E-state index is -1.51. The van der Waals surface area contributed by atoms with Gasteiger partial charge in [-0.25, -0.2) is 4.90 Å². The first-order chi connectivity index (χ1) is 14.4. The van der Waals surface area contributed by atoms with Crippen molar-refractivity contribution >= 4 is 17.5 Å². The number of aliphatic hydroxyl groups is 1. The van der Waals surface area contributed by atoms with Crippen molar-refractivity contribution in [1.29, 1.82) is 0 Å². The minimum absolute atomic E-state index is 0.218. The Labute approximate surface area is 174 Å². The highest BCUT2D eigenvalue weighted by Gasteiger charge is 2.68. The van der Waals surface area contributed by atoms with Crippen molar-refractivity contribution in [3.8, 4) is 0 Å². The standard InChI is InChI=1S/C26H21NO3/c1-14-11-12-20(15(2)13-14)27-24(28)22-21-16-7-3-5-9-18(16)26(30,23(22)25(27)29)19-10-6-4-8-17(19)21/h3-13,21-23,30H,1-2H3. The highest BCUT2D eigenvalue weighted by atomic mass is 16.3. The van der Waals surface area contributed by atoms with Gasteiger partial charge in [0.2, 0.25) is 11.8 Å². The van der Waals surface area contributed by atoms with E-state index in [4.69, 9.17) is 0 Å². The van der Waals surface area contributed by atoms with E-state index in [2.05, 4.69) is 0 Å². The molecule has 2 atom stereocenters. The van der Waals surface area contributed by atoms with Gasteiger partial charge in [-0.3, -0.25) is 9.59 Å². The van der Waals surface area contributed by atoms with E-state index in [1.165, 1.54) is 4.90 Å². The summed E-state index contributed by atoms with van der Waals surface area (Å²) in [6, 6.07) is 21.1. The van der Waals surface area contributed by atoms with E-state index >= 15 is 0 Å². The van der Waals surface area contributed by atoms with Crippen LogP contribution < -0.4 is 4.90 Å². The van der Waals surface area contributed by atoms with Gasteiger partial charge in [-0.2, -0.15) is 0 Å². The molecule has 1 fully saturated rings. The normalized spacial score (nSPS) is 28.4. The number of carbonyl (C=O) groups excluding carboxylic acids is 2. The van der Waals surface area contributed by atoms with Gasteiger partial charge in [-0.15, -0.1) is 0 Å². The van der Waals surface area contributed by atoms with Crippen LogP contribution in [0.5, 0.6) is 0 Å². The number of hydrogen-bond donors (Lipinski definition) is 1. The summed E-state index contributed by atoms with van der Waals surface area (Å²) in [5, 5.41) is 12.2. The van der Waals surface area contributed by atoms with Gasteiger partial charge in [0.1, 0.15) is 5.60 Å². The van der Waals surface area contributed by atoms with E-state index in [1.807, 2.05) is 80.6 Å². The third-order valence-electron chi connectivity index (χ3n) is 7.17. The Bertz CT molecular complexity index is 1210. The van der Waals surface area contributed by atoms with Crippen molar-refractivity contribution in [2.45, 2.75) is 25.4 Å². The molecule has 1 N–H and O–H groups in total. The van der Waals surface area contributed by atoms with Crippen LogP contribution in [0.2, 0.25) is 0 Å². The van der Waals surface area contributed by atoms with Crippen LogP contribution in [0, 0.1) is 25.7 Å². The molecular weight excluding hydrogens is 374 g/mol. The Kier molecular flexibility index (Phi) is 3.33. The maximum atomic E-state index is 13.7. The van der Waals surface area contributed by atoms with Gasteiger partial charge >= 0.3 is 0 Å². The molecule has 4 nitrogen and oxygen atoms in total. The Morgan fingerprint density at radius 3 is 2.03 bits per heavy atom. The molecule has 1 saturated heterocycles. The predicted octanol–water partition coefficient (Wildman–Crippen LogP) is 3.80. The number of carbonyl (C=O) groups is 2. The maximum absolute atomic E-state index is 13.7. The summed E-state index contributed by atoms with van der Waals surface area (Å²) in [5.74, 6) is -2.19. The molecule has 0 spiro atoms. The molecular formula is C26H21NO3. The molecule has 1 aliphatic heterocycles. The molecule has 148 valence electrons. The van der Waals surface area contributed by atoms with Crippen LogP contribution in [0.4, 0.5) is 5.69 Å². The monoisotopic (exact) mass is 395 g/mol. The lowest BCUT2D eigenvalue weighted by Gasteiger charge is -2.51. The van der Waals surface area contributed by atoms with Gasteiger partial charge in [0, 0.05) is 5.92 Å². The van der Waals surface area contributed by atoms with Crippen LogP contribution in [0.15, 0.2) is 66.7 Å². The summed E-state index contributed by atoms with van der Waals surface area (Å²) in [6.07, 6.45) is 0. The number of hydrogen-bond acceptors (Lipinski definition) is 3. The summed E-state index contributed by atoms with van der Waals surface area (Å²) < 4.78 is 0. The maximum Gasteiger partial charge on any atom is 0.241 e. The number of amides is 2. The quantitative estimate of drug-likeness (QED) is 0.638. The van der Waals surface area contributed by atoms with Gasteiger partial charge in [0.25, 0.3) is 0 Å². The average molecular weight is 395 g/mol. The fraction of sp³-hybridized carbons (Fsp3) is 0.231. The summed E-state index contributed by atoms with van der Waals surface area (Å²) >= 11 is 0. The smallest absolute Gasteiger partial charge is 0.241 e. The largest absolute Gasteiger partial charge is 0.379 e. The van der Waals surface area contributed by atoms with Gasteiger partial charge in [-0.05, 0) is 47.7 Å². The Morgan fingerprint density at radius 1 is 0.833 bits per heavy atom. The van der Waals surface area contributed by atoms with Gasteiger partial charge in [-0.1, -0.05) is 66.2 Å². The molecule has 1 heterocycles. The number of imide groups is 1. The molecule has 2 bridgehead atoms. The lowest BCUT2D eigenvalue weighted by molar-refractivity contribution is -0.133. The first-order valence-corrected chi connectivity index (χ1v) is 10.3. The molecule has 3 aliphatic carbocycles. The van der Waals surface area contributed by atoms with Crippen LogP contribution in [0.25, 0.3) is 0 Å². The molecule has 3 aromatic rings. The average Bonchev–Trinajstić information content (AvgIpc) is 3.01. The first kappa shape index (κ1) is 17.6. The van der Waals surface area contributed by atoms with Crippen molar-refractivity contribution in [2.24, 2.45) is 11.8 Å². The lowest BCUT2D eigenvalue weighted by Crippen LogP contribution is -2.53. The molecule has 7 rings (SSSR count). The summed E-state index contributed by atoms with van der Waals surface area (Å²) in [6.45, 7) is 3.90. The minimum Gasteiger partial charge on any atom is -0.379 e. The molecule has 0 radical (unpaired) electrons. The SMILES string of the molecule is Cc1ccc(N2C(=O)C3C4c5ccccc5C(O)(c5ccccc54)C3C2=O)c(C)c1. The van der Waals surface area contributed by atoms with Crippen molar-refractivity contribution in [2.75, 3.05) is 4.90 Å². The summed E-state index contributed by atoms with van der Waals surface area (Å²) in [7, 11) is 0. The molecule has 3 aromatic carbocycles. The fourth-order valence-corrected chi connectivity index (χ4v) is 6.03. The van der Waals surface area contributed by atoms with Crippen molar-refractivity contribution in [3.05, 3.63) is 100 Å². The second-order valence-electron chi connectivity index (χ2n) is 8.72. The van der Waals surface area contributed by atoms with Gasteiger partial charge in [0.05, 0.1) is 17.5 Å². The second kappa shape index (κ2) is 5.67. The number of rotatable bonds is 1. The summed E-state index contributed by atoms with van der Waals surface area (Å²) in [4.78, 5) is 28.8. The van der Waals surface area contributed by atoms with E-state index in [9.17, 15) is 14.7 Å². The van der Waals surface area contributed by atoms with Crippen LogP contribution in [-0.4, -0.2) is 16.9 Å². The highest BCUT2D eigenvalue weighted by molar-refractivity contribution is 6.24. The van der Waals surface area contributed by atoms with E-state index < -0.39 is 17.4 Å². The highest BCUT2D eigenvalue weighted by Crippen LogP contribution is 2.63. The van der Waals surface area contributed by atoms with E-state index in [0.717, 1.165) is 33.4 Å². The number of benzene rings is 3. The van der Waals surface area contributed by atoms with Crippen LogP contribution in [0.1, 0.15) is 39.3 Å². The van der Waals surface area contributed by atoms with E-state index in [0.29, 0.717) is 5.69 Å². The first-order valence-electron chi connectivity index (χ1n) is 10.3. The second-order valence-corrected chi connectivity index (χ2v) is 8.72. The zero-order chi connectivity index (χ0) is 20.8. The zero-order valence-corrected chi connectivity index (χ0v) is 16.8. The Balaban J connectivity index is 1.62. The van der Waals surface area contributed by atoms with Crippen molar-refractivity contribution in [3.63, 3.8) is 0 Å². The zero-order valence-electron chi connectivity index (χ0n) is 16.8. The molecule has 4 aliphatic rings. The van der Waals surface area contributed by atoms with Crippen molar-refractivity contribution < 1.29 is 14.7 Å². The predicted molar refractivity (Wildman–Crippen MR) is 113 cm³/mol. The van der Waals surface area contributed by atoms with E-state index in [1.54, 1.807) is 0 Å². The molecule has 0 saturated carbocycles. The fourth-order valence-electron chi connectivity index (χ4n) is 6.03. The topological polar surface area (TPSA) is 57.6 Å². The number of anilines is 1. The summed E-state index contributed by atoms with van der Waals surface area (Å²) in [5.41, 5.74) is 4.45. The number of aryl methyl sites for hydroxylation is 2. The molecule has 2 amide bonds. The van der Waals surface area contributed by atoms with Crippen LogP contribution in [-0.2, 0) is 15.2 Å². The molecule has 2 unspecified atom stereocenters. The number of nitrogens with zero attached hydrogens (tertiary/aromatic N) is 1. The Morgan fingerprint density at radius 2 is 1.43 bits per heavy atom. The molecule has 4 heteroatoms. The van der Waals surface area contributed by atoms with Crippen LogP contribution in [0.3, 0.4) is 0 Å².